The van der Waals surface area contributed by atoms with E-state index < -0.39 is 5.97 Å². The number of rotatable bonds is 4. The molecule has 0 saturated carbocycles. The molecule has 0 aliphatic rings. The summed E-state index contributed by atoms with van der Waals surface area (Å²) in [5.41, 5.74) is 1.17. The minimum atomic E-state index is -0.442. The Morgan fingerprint density at radius 3 is 2.63 bits per heavy atom. The molecule has 0 saturated heterocycles. The van der Waals surface area contributed by atoms with E-state index in [9.17, 15) is 4.79 Å². The molecule has 5 heteroatoms. The van der Waals surface area contributed by atoms with Crippen molar-refractivity contribution in [3.8, 4) is 11.6 Å². The van der Waals surface area contributed by atoms with Gasteiger partial charge in [0.25, 0.3) is 0 Å². The van der Waals surface area contributed by atoms with Crippen molar-refractivity contribution in [3.05, 3.63) is 53.7 Å². The van der Waals surface area contributed by atoms with Crippen LogP contribution in [0, 0.1) is 0 Å². The van der Waals surface area contributed by atoms with Crippen molar-refractivity contribution in [3.63, 3.8) is 0 Å². The van der Waals surface area contributed by atoms with Crippen LogP contribution in [0.5, 0.6) is 11.6 Å². The van der Waals surface area contributed by atoms with Gasteiger partial charge in [-0.1, -0.05) is 12.1 Å². The van der Waals surface area contributed by atoms with Crippen LogP contribution in [0.3, 0.4) is 0 Å². The molecular formula is C14H13NO4. The third-order valence-electron chi connectivity index (χ3n) is 2.48. The van der Waals surface area contributed by atoms with Gasteiger partial charge in [0.1, 0.15) is 5.75 Å². The highest BCUT2D eigenvalue weighted by Gasteiger charge is 2.07. The van der Waals surface area contributed by atoms with Crippen molar-refractivity contribution in [1.29, 1.82) is 0 Å². The fourth-order valence-corrected chi connectivity index (χ4v) is 1.49. The van der Waals surface area contributed by atoms with Crippen LogP contribution in [0.15, 0.2) is 42.6 Å². The van der Waals surface area contributed by atoms with Crippen LogP contribution in [-0.2, 0) is 11.3 Å². The van der Waals surface area contributed by atoms with Gasteiger partial charge in [-0.05, 0) is 23.8 Å². The molecule has 0 unspecified atom stereocenters. The summed E-state index contributed by atoms with van der Waals surface area (Å²) < 4.78 is 10.1. The molecule has 0 fully saturated rings. The molecule has 19 heavy (non-hydrogen) atoms. The summed E-state index contributed by atoms with van der Waals surface area (Å²) in [4.78, 5) is 15.4. The van der Waals surface area contributed by atoms with Crippen LogP contribution in [0.4, 0.5) is 0 Å². The summed E-state index contributed by atoms with van der Waals surface area (Å²) in [5.74, 6) is 0.439. The van der Waals surface area contributed by atoms with E-state index in [-0.39, 0.29) is 6.61 Å². The first-order valence-corrected chi connectivity index (χ1v) is 5.65. The molecule has 1 aromatic carbocycles. The fraction of sp³-hybridized carbons (Fsp3) is 0.143. The number of aliphatic hydroxyl groups is 1. The molecule has 2 aromatic rings. The largest absolute Gasteiger partial charge is 0.465 e. The highest BCUT2D eigenvalue weighted by Crippen LogP contribution is 2.20. The average Bonchev–Trinajstić information content (AvgIpc) is 2.47. The van der Waals surface area contributed by atoms with Gasteiger partial charge in [-0.2, -0.15) is 0 Å². The fourth-order valence-electron chi connectivity index (χ4n) is 1.49. The molecule has 1 heterocycles. The molecule has 98 valence electrons. The number of methoxy groups -OCH3 is 1. The van der Waals surface area contributed by atoms with E-state index in [1.165, 1.54) is 19.4 Å². The average molecular weight is 259 g/mol. The van der Waals surface area contributed by atoms with Gasteiger partial charge in [0.05, 0.1) is 19.3 Å². The van der Waals surface area contributed by atoms with Crippen molar-refractivity contribution in [2.75, 3.05) is 7.11 Å². The first kappa shape index (κ1) is 13.0. The van der Waals surface area contributed by atoms with Crippen molar-refractivity contribution >= 4 is 5.97 Å². The van der Waals surface area contributed by atoms with E-state index in [0.29, 0.717) is 17.2 Å². The molecule has 0 atom stereocenters. The summed E-state index contributed by atoms with van der Waals surface area (Å²) in [5, 5.41) is 8.94. The summed E-state index contributed by atoms with van der Waals surface area (Å²) in [6.45, 7) is -0.0175. The highest BCUT2D eigenvalue weighted by atomic mass is 16.5. The number of carbonyl (C=O) groups is 1. The number of benzene rings is 1. The van der Waals surface area contributed by atoms with Gasteiger partial charge in [0, 0.05) is 12.3 Å². The molecule has 1 aromatic heterocycles. The minimum Gasteiger partial charge on any atom is -0.465 e. The van der Waals surface area contributed by atoms with Crippen molar-refractivity contribution < 1.29 is 19.4 Å². The summed E-state index contributed by atoms with van der Waals surface area (Å²) in [7, 11) is 1.32. The molecule has 0 aliphatic heterocycles. The third-order valence-corrected chi connectivity index (χ3v) is 2.48. The van der Waals surface area contributed by atoms with E-state index in [1.54, 1.807) is 30.3 Å². The van der Waals surface area contributed by atoms with Crippen LogP contribution in [-0.4, -0.2) is 23.2 Å². The maximum atomic E-state index is 11.4. The smallest absolute Gasteiger partial charge is 0.338 e. The number of ether oxygens (including phenoxy) is 2. The number of nitrogens with zero attached hydrogens (tertiary/aromatic N) is 1. The lowest BCUT2D eigenvalue weighted by molar-refractivity contribution is 0.0600. The van der Waals surface area contributed by atoms with Gasteiger partial charge >= 0.3 is 5.97 Å². The van der Waals surface area contributed by atoms with Gasteiger partial charge in [-0.15, -0.1) is 0 Å². The second kappa shape index (κ2) is 5.97. The Bertz CT molecular complexity index is 566. The van der Waals surface area contributed by atoms with Crippen molar-refractivity contribution in [2.24, 2.45) is 0 Å². The predicted molar refractivity (Wildman–Crippen MR) is 68.0 cm³/mol. The van der Waals surface area contributed by atoms with Crippen LogP contribution >= 0.6 is 0 Å². The van der Waals surface area contributed by atoms with E-state index in [2.05, 4.69) is 9.72 Å². The van der Waals surface area contributed by atoms with E-state index in [0.717, 1.165) is 5.56 Å². The molecule has 0 bridgehead atoms. The quantitative estimate of drug-likeness (QED) is 0.852. The van der Waals surface area contributed by atoms with Gasteiger partial charge < -0.3 is 14.6 Å². The zero-order valence-electron chi connectivity index (χ0n) is 10.4. The second-order valence-corrected chi connectivity index (χ2v) is 3.78. The Kier molecular flexibility index (Phi) is 4.10. The lowest BCUT2D eigenvalue weighted by atomic mass is 10.2. The number of aliphatic hydroxyl groups excluding tert-OH is 1. The topological polar surface area (TPSA) is 68.7 Å². The first-order chi connectivity index (χ1) is 9.22. The summed E-state index contributed by atoms with van der Waals surface area (Å²) in [6, 6.07) is 9.99. The summed E-state index contributed by atoms with van der Waals surface area (Å²) >= 11 is 0. The van der Waals surface area contributed by atoms with Crippen LogP contribution < -0.4 is 4.74 Å². The molecule has 1 N–H and O–H groups in total. The summed E-state index contributed by atoms with van der Waals surface area (Å²) in [6.07, 6.45) is 1.48. The van der Waals surface area contributed by atoms with Crippen molar-refractivity contribution in [1.82, 2.24) is 4.98 Å². The zero-order chi connectivity index (χ0) is 13.7. The Labute approximate surface area is 110 Å². The molecule has 2 rings (SSSR count). The Hall–Kier alpha value is -2.40. The van der Waals surface area contributed by atoms with E-state index in [4.69, 9.17) is 9.84 Å². The Morgan fingerprint density at radius 2 is 2.00 bits per heavy atom. The number of pyridine rings is 1. The molecule has 0 spiro atoms. The lowest BCUT2D eigenvalue weighted by Crippen LogP contribution is -2.01. The Morgan fingerprint density at radius 1 is 1.26 bits per heavy atom. The molecule has 0 aliphatic carbocycles. The SMILES string of the molecule is COC(=O)c1ccnc(Oc2ccc(CO)cc2)c1. The molecular weight excluding hydrogens is 246 g/mol. The number of carbonyl (C=O) groups excluding carboxylic acids is 1. The standard InChI is InChI=1S/C14H13NO4/c1-18-14(17)11-6-7-15-13(8-11)19-12-4-2-10(9-16)3-5-12/h2-8,16H,9H2,1H3. The van der Waals surface area contributed by atoms with Crippen LogP contribution in [0.2, 0.25) is 0 Å². The van der Waals surface area contributed by atoms with Gasteiger partial charge in [0.2, 0.25) is 5.88 Å². The monoisotopic (exact) mass is 259 g/mol. The minimum absolute atomic E-state index is 0.0175. The third kappa shape index (κ3) is 3.29. The molecule has 0 amide bonds. The number of hydrogen-bond donors (Lipinski definition) is 1. The first-order valence-electron chi connectivity index (χ1n) is 5.65. The molecule has 5 nitrogen and oxygen atoms in total. The van der Waals surface area contributed by atoms with Crippen molar-refractivity contribution in [2.45, 2.75) is 6.61 Å². The maximum absolute atomic E-state index is 11.4. The maximum Gasteiger partial charge on any atom is 0.338 e. The number of hydrogen-bond acceptors (Lipinski definition) is 5. The predicted octanol–water partition coefficient (Wildman–Crippen LogP) is 2.15. The normalized spacial score (nSPS) is 10.0. The molecule has 0 radical (unpaired) electrons. The highest BCUT2D eigenvalue weighted by molar-refractivity contribution is 5.89. The zero-order valence-corrected chi connectivity index (χ0v) is 10.4. The number of esters is 1. The van der Waals surface area contributed by atoms with Gasteiger partial charge in [-0.3, -0.25) is 0 Å². The van der Waals surface area contributed by atoms with Crippen LogP contribution in [0.25, 0.3) is 0 Å². The van der Waals surface area contributed by atoms with E-state index >= 15 is 0 Å². The van der Waals surface area contributed by atoms with Gasteiger partial charge in [0.15, 0.2) is 0 Å². The number of aromatic nitrogens is 1. The van der Waals surface area contributed by atoms with E-state index in [1.807, 2.05) is 0 Å². The van der Waals surface area contributed by atoms with Crippen LogP contribution in [0.1, 0.15) is 15.9 Å². The Balaban J connectivity index is 2.16. The lowest BCUT2D eigenvalue weighted by Gasteiger charge is -2.06. The van der Waals surface area contributed by atoms with Gasteiger partial charge in [-0.25, -0.2) is 9.78 Å². The second-order valence-electron chi connectivity index (χ2n) is 3.78.